The van der Waals surface area contributed by atoms with Crippen LogP contribution in [-0.2, 0) is 0 Å². The average molecular weight is 213 g/mol. The quantitative estimate of drug-likeness (QED) is 0.710. The second-order valence-electron chi connectivity index (χ2n) is 5.22. The molecule has 15 heavy (non-hydrogen) atoms. The lowest BCUT2D eigenvalue weighted by Crippen LogP contribution is -2.36. The normalized spacial score (nSPS) is 30.4. The Bertz CT molecular complexity index is 172. The average Bonchev–Trinajstić information content (AvgIpc) is 2.71. The molecule has 0 radical (unpaired) electrons. The van der Waals surface area contributed by atoms with Crippen molar-refractivity contribution in [3.8, 4) is 0 Å². The van der Waals surface area contributed by atoms with Gasteiger partial charge in [0.05, 0.1) is 0 Å². The molecule has 2 heteroatoms. The molecule has 0 heterocycles. The lowest BCUT2D eigenvalue weighted by molar-refractivity contribution is 0.188. The molecule has 1 saturated carbocycles. The van der Waals surface area contributed by atoms with Crippen LogP contribution in [0.2, 0.25) is 0 Å². The Morgan fingerprint density at radius 2 is 1.93 bits per heavy atom. The fourth-order valence-electron chi connectivity index (χ4n) is 2.51. The van der Waals surface area contributed by atoms with Crippen LogP contribution in [0.1, 0.15) is 46.5 Å². The van der Waals surface area contributed by atoms with Gasteiger partial charge in [-0.25, -0.2) is 0 Å². The third-order valence-corrected chi connectivity index (χ3v) is 4.25. The van der Waals surface area contributed by atoms with E-state index in [9.17, 15) is 5.11 Å². The highest BCUT2D eigenvalue weighted by molar-refractivity contribution is 4.80. The van der Waals surface area contributed by atoms with Gasteiger partial charge in [-0.2, -0.15) is 0 Å². The van der Waals surface area contributed by atoms with Crippen LogP contribution in [0.25, 0.3) is 0 Å². The zero-order valence-corrected chi connectivity index (χ0v) is 10.5. The number of rotatable bonds is 6. The van der Waals surface area contributed by atoms with Crippen molar-refractivity contribution in [1.29, 1.82) is 0 Å². The number of hydrogen-bond donors (Lipinski definition) is 2. The van der Waals surface area contributed by atoms with Gasteiger partial charge in [0.25, 0.3) is 0 Å². The molecule has 0 aromatic carbocycles. The first-order chi connectivity index (χ1) is 7.19. The molecule has 2 nitrogen and oxygen atoms in total. The fraction of sp³-hybridized carbons (Fsp3) is 1.00. The molecule has 0 bridgehead atoms. The van der Waals surface area contributed by atoms with E-state index in [-0.39, 0.29) is 0 Å². The van der Waals surface area contributed by atoms with Crippen molar-refractivity contribution in [2.75, 3.05) is 13.2 Å². The molecule has 1 aliphatic carbocycles. The molecule has 0 spiro atoms. The maximum atomic E-state index is 9.23. The molecule has 1 fully saturated rings. The number of aliphatic hydroxyl groups is 1. The van der Waals surface area contributed by atoms with Gasteiger partial charge < -0.3 is 10.4 Å². The monoisotopic (exact) mass is 213 g/mol. The molecule has 0 aliphatic heterocycles. The maximum absolute atomic E-state index is 9.23. The van der Waals surface area contributed by atoms with E-state index < -0.39 is 0 Å². The first-order valence-electron chi connectivity index (χ1n) is 6.53. The van der Waals surface area contributed by atoms with E-state index in [0.29, 0.717) is 24.5 Å². The lowest BCUT2D eigenvalue weighted by Gasteiger charge is -2.24. The van der Waals surface area contributed by atoms with Gasteiger partial charge in [-0.15, -0.1) is 0 Å². The summed E-state index contributed by atoms with van der Waals surface area (Å²) in [6.07, 6.45) is 5.06. The first-order valence-corrected chi connectivity index (χ1v) is 6.53. The summed E-state index contributed by atoms with van der Waals surface area (Å²) in [4.78, 5) is 0. The Morgan fingerprint density at radius 3 is 2.53 bits per heavy atom. The SMILES string of the molecule is CCC(C)C(C)NCC1CCCC1CO. The molecule has 2 N–H and O–H groups in total. The summed E-state index contributed by atoms with van der Waals surface area (Å²) in [5, 5.41) is 12.9. The predicted octanol–water partition coefficient (Wildman–Crippen LogP) is 2.42. The Hall–Kier alpha value is -0.0800. The van der Waals surface area contributed by atoms with Gasteiger partial charge in [0, 0.05) is 12.6 Å². The van der Waals surface area contributed by atoms with Crippen molar-refractivity contribution in [2.24, 2.45) is 17.8 Å². The molecule has 90 valence electrons. The van der Waals surface area contributed by atoms with Crippen LogP contribution in [0.3, 0.4) is 0 Å². The zero-order chi connectivity index (χ0) is 11.3. The van der Waals surface area contributed by atoms with Gasteiger partial charge in [-0.1, -0.05) is 26.7 Å². The molecule has 1 rings (SSSR count). The van der Waals surface area contributed by atoms with E-state index in [1.807, 2.05) is 0 Å². The van der Waals surface area contributed by atoms with Crippen LogP contribution >= 0.6 is 0 Å². The van der Waals surface area contributed by atoms with E-state index in [2.05, 4.69) is 26.1 Å². The van der Waals surface area contributed by atoms with Gasteiger partial charge in [-0.3, -0.25) is 0 Å². The van der Waals surface area contributed by atoms with E-state index in [4.69, 9.17) is 0 Å². The number of aliphatic hydroxyl groups excluding tert-OH is 1. The maximum Gasteiger partial charge on any atom is 0.0462 e. The topological polar surface area (TPSA) is 32.3 Å². The first kappa shape index (κ1) is 13.0. The van der Waals surface area contributed by atoms with Gasteiger partial charge in [-0.05, 0) is 44.1 Å². The summed E-state index contributed by atoms with van der Waals surface area (Å²) in [6, 6.07) is 0.606. The highest BCUT2D eigenvalue weighted by Gasteiger charge is 2.26. The van der Waals surface area contributed by atoms with E-state index in [1.165, 1.54) is 25.7 Å². The third kappa shape index (κ3) is 3.76. The smallest absolute Gasteiger partial charge is 0.0462 e. The Morgan fingerprint density at radius 1 is 1.27 bits per heavy atom. The van der Waals surface area contributed by atoms with Crippen LogP contribution in [0.4, 0.5) is 0 Å². The highest BCUT2D eigenvalue weighted by atomic mass is 16.3. The minimum atomic E-state index is 0.379. The fourth-order valence-corrected chi connectivity index (χ4v) is 2.51. The van der Waals surface area contributed by atoms with Crippen LogP contribution in [-0.4, -0.2) is 24.3 Å². The molecule has 0 saturated heterocycles. The third-order valence-electron chi connectivity index (χ3n) is 4.25. The lowest BCUT2D eigenvalue weighted by atomic mass is 9.95. The molecular weight excluding hydrogens is 186 g/mol. The summed E-state index contributed by atoms with van der Waals surface area (Å²) in [7, 11) is 0. The van der Waals surface area contributed by atoms with Gasteiger partial charge in [0.2, 0.25) is 0 Å². The summed E-state index contributed by atoms with van der Waals surface area (Å²) in [5.74, 6) is 2.02. The summed E-state index contributed by atoms with van der Waals surface area (Å²) < 4.78 is 0. The van der Waals surface area contributed by atoms with Crippen molar-refractivity contribution in [3.63, 3.8) is 0 Å². The predicted molar refractivity (Wildman–Crippen MR) is 64.8 cm³/mol. The summed E-state index contributed by atoms with van der Waals surface area (Å²) in [6.45, 7) is 8.29. The Kier molecular flexibility index (Phi) is 5.62. The van der Waals surface area contributed by atoms with Crippen LogP contribution in [0, 0.1) is 17.8 Å². The van der Waals surface area contributed by atoms with Crippen molar-refractivity contribution >= 4 is 0 Å². The molecule has 0 amide bonds. The minimum Gasteiger partial charge on any atom is -0.396 e. The van der Waals surface area contributed by atoms with E-state index >= 15 is 0 Å². The second-order valence-corrected chi connectivity index (χ2v) is 5.22. The number of nitrogens with one attached hydrogen (secondary N) is 1. The second kappa shape index (κ2) is 6.49. The molecule has 1 aliphatic rings. The zero-order valence-electron chi connectivity index (χ0n) is 10.5. The van der Waals surface area contributed by atoms with Crippen LogP contribution in [0.15, 0.2) is 0 Å². The molecule has 4 unspecified atom stereocenters. The molecule has 4 atom stereocenters. The summed E-state index contributed by atoms with van der Waals surface area (Å²) in [5.41, 5.74) is 0. The largest absolute Gasteiger partial charge is 0.396 e. The standard InChI is InChI=1S/C13H27NO/c1-4-10(2)11(3)14-8-12-6-5-7-13(12)9-15/h10-15H,4-9H2,1-3H3. The van der Waals surface area contributed by atoms with Crippen molar-refractivity contribution < 1.29 is 5.11 Å². The van der Waals surface area contributed by atoms with Gasteiger partial charge in [0.15, 0.2) is 0 Å². The van der Waals surface area contributed by atoms with Crippen molar-refractivity contribution in [1.82, 2.24) is 5.32 Å². The van der Waals surface area contributed by atoms with Crippen molar-refractivity contribution in [3.05, 3.63) is 0 Å². The molecule has 0 aromatic rings. The minimum absolute atomic E-state index is 0.379. The van der Waals surface area contributed by atoms with Gasteiger partial charge >= 0.3 is 0 Å². The van der Waals surface area contributed by atoms with Crippen LogP contribution < -0.4 is 5.32 Å². The summed E-state index contributed by atoms with van der Waals surface area (Å²) >= 11 is 0. The van der Waals surface area contributed by atoms with Crippen molar-refractivity contribution in [2.45, 2.75) is 52.5 Å². The Labute approximate surface area is 94.5 Å². The molecular formula is C13H27NO. The van der Waals surface area contributed by atoms with E-state index in [1.54, 1.807) is 0 Å². The highest BCUT2D eigenvalue weighted by Crippen LogP contribution is 2.30. The number of hydrogen-bond acceptors (Lipinski definition) is 2. The molecule has 0 aromatic heterocycles. The van der Waals surface area contributed by atoms with Gasteiger partial charge in [0.1, 0.15) is 0 Å². The Balaban J connectivity index is 2.24. The van der Waals surface area contributed by atoms with Crippen LogP contribution in [0.5, 0.6) is 0 Å². The van der Waals surface area contributed by atoms with E-state index in [0.717, 1.165) is 12.5 Å².